The second-order valence-corrected chi connectivity index (χ2v) is 1.02. The highest BCUT2D eigenvalue weighted by molar-refractivity contribution is 4.88. The number of hydrogen-bond donors (Lipinski definition) is 0. The van der Waals surface area contributed by atoms with Crippen molar-refractivity contribution in [3.05, 3.63) is 30.6 Å². The van der Waals surface area contributed by atoms with Gasteiger partial charge in [0.1, 0.15) is 0 Å². The van der Waals surface area contributed by atoms with Gasteiger partial charge in [0.05, 0.1) is 0 Å². The van der Waals surface area contributed by atoms with Crippen LogP contribution in [-0.2, 0) is 0 Å². The van der Waals surface area contributed by atoms with Crippen molar-refractivity contribution in [2.24, 2.45) is 0 Å². The Morgan fingerprint density at radius 3 is 1.71 bits per heavy atom. The zero-order valence-electron chi connectivity index (χ0n) is 4.74. The molecule has 0 bridgehead atoms. The molecule has 1 rings (SSSR count). The van der Waals surface area contributed by atoms with E-state index in [1.807, 2.05) is 18.2 Å². The summed E-state index contributed by atoms with van der Waals surface area (Å²) in [6.45, 7) is 0. The Kier molecular flexibility index (Phi) is 2.85. The number of rotatable bonds is 0. The Morgan fingerprint density at radius 1 is 1.00 bits per heavy atom. The van der Waals surface area contributed by atoms with Crippen molar-refractivity contribution in [2.75, 3.05) is 0 Å². The summed E-state index contributed by atoms with van der Waals surface area (Å²) in [5, 5.41) is 0. The standard InChI is InChI=1S/C5H5N.FH/c1-2-4-6-5-3-1;/h1-5H;1H/p+1. The first-order valence-corrected chi connectivity index (χ1v) is 1.85. The first-order valence-electron chi connectivity index (χ1n) is 1.85. The Bertz CT molecular complexity index is 84.4. The van der Waals surface area contributed by atoms with E-state index in [1.54, 1.807) is 12.4 Å². The molecular formula is C5H7FN+. The van der Waals surface area contributed by atoms with Gasteiger partial charge in [0, 0.05) is 12.4 Å². The number of nitrogens with zero attached hydrogens (tertiary/aromatic N) is 1. The van der Waals surface area contributed by atoms with Gasteiger partial charge in [0.15, 0.2) is 0 Å². The van der Waals surface area contributed by atoms with E-state index < -0.39 is 0 Å². The molecule has 0 aliphatic rings. The van der Waals surface area contributed by atoms with Crippen LogP contribution in [0.25, 0.3) is 0 Å². The second kappa shape index (κ2) is 3.28. The molecule has 0 fully saturated rings. The molecule has 1 aromatic rings. The fourth-order valence-corrected chi connectivity index (χ4v) is 0.313. The average molecular weight is 100 g/mol. The zero-order valence-corrected chi connectivity index (χ0v) is 3.74. The van der Waals surface area contributed by atoms with Gasteiger partial charge >= 0.3 is 1.43 Å². The van der Waals surface area contributed by atoms with Gasteiger partial charge in [-0.15, -0.1) is 0 Å². The lowest BCUT2D eigenvalue weighted by Crippen LogP contribution is -1.58. The first-order chi connectivity index (χ1) is 3.00. The number of pyridine rings is 1. The molecule has 0 spiro atoms. The molecule has 0 amide bonds. The summed E-state index contributed by atoms with van der Waals surface area (Å²) in [5.74, 6) is 0. The minimum absolute atomic E-state index is 0. The van der Waals surface area contributed by atoms with Crippen LogP contribution in [0.15, 0.2) is 30.6 Å². The summed E-state index contributed by atoms with van der Waals surface area (Å²) >= 11 is 0. The molecule has 0 radical (unpaired) electrons. The van der Waals surface area contributed by atoms with Gasteiger partial charge in [0.25, 0.3) is 0 Å². The molecule has 0 aliphatic carbocycles. The van der Waals surface area contributed by atoms with Crippen LogP contribution >= 0.6 is 0 Å². The normalized spacial score (nSPS) is 6.86. The zero-order chi connectivity index (χ0) is 4.24. The molecular weight excluding hydrogens is 93.1 g/mol. The predicted molar refractivity (Wildman–Crippen MR) is 27.9 cm³/mol. The van der Waals surface area contributed by atoms with Crippen molar-refractivity contribution in [3.63, 3.8) is 0 Å². The van der Waals surface area contributed by atoms with Crippen LogP contribution in [0.5, 0.6) is 0 Å². The molecule has 0 saturated carbocycles. The molecule has 1 heterocycles. The lowest BCUT2D eigenvalue weighted by Gasteiger charge is -1.70. The van der Waals surface area contributed by atoms with Crippen LogP contribution in [0, 0.1) is 0 Å². The van der Waals surface area contributed by atoms with Crippen molar-refractivity contribution >= 4 is 0 Å². The highest BCUT2D eigenvalue weighted by Gasteiger charge is 1.58. The Hall–Kier alpha value is -0.920. The van der Waals surface area contributed by atoms with Gasteiger partial charge in [-0.05, 0) is 12.1 Å². The van der Waals surface area contributed by atoms with E-state index in [0.29, 0.717) is 0 Å². The molecule has 1 aromatic heterocycles. The topological polar surface area (TPSA) is 12.9 Å². The maximum absolute atomic E-state index is 3.78. The van der Waals surface area contributed by atoms with E-state index in [1.165, 1.54) is 0 Å². The van der Waals surface area contributed by atoms with E-state index in [0.717, 1.165) is 0 Å². The molecule has 0 N–H and O–H groups in total. The third-order valence-corrected chi connectivity index (χ3v) is 0.566. The van der Waals surface area contributed by atoms with Crippen molar-refractivity contribution in [3.8, 4) is 0 Å². The Labute approximate surface area is 42.9 Å². The largest absolute Gasteiger partial charge is 1.00 e. The molecule has 0 aliphatic heterocycles. The monoisotopic (exact) mass is 100 g/mol. The molecule has 0 saturated heterocycles. The maximum atomic E-state index is 3.78. The number of hydrogen-bond acceptors (Lipinski definition) is 1. The fourth-order valence-electron chi connectivity index (χ4n) is 0.313. The van der Waals surface area contributed by atoms with Crippen LogP contribution < -0.4 is 0 Å². The lowest BCUT2D eigenvalue weighted by molar-refractivity contribution is 1.11. The average Bonchev–Trinajstić information content (AvgIpc) is 1.72. The van der Waals surface area contributed by atoms with Crippen molar-refractivity contribution in [1.82, 2.24) is 4.98 Å². The molecule has 0 unspecified atom stereocenters. The quantitative estimate of drug-likeness (QED) is 0.479. The Morgan fingerprint density at radius 2 is 1.57 bits per heavy atom. The minimum Gasteiger partial charge on any atom is -0.269 e. The summed E-state index contributed by atoms with van der Waals surface area (Å²) in [6, 6.07) is 5.72. The van der Waals surface area contributed by atoms with E-state index in [2.05, 4.69) is 4.98 Å². The molecule has 2 heteroatoms. The van der Waals surface area contributed by atoms with Gasteiger partial charge in [-0.2, -0.15) is 0 Å². The number of aromatic nitrogens is 1. The third kappa shape index (κ3) is 1.87. The van der Waals surface area contributed by atoms with Crippen molar-refractivity contribution < 1.29 is 6.13 Å². The van der Waals surface area contributed by atoms with E-state index in [-0.39, 0.29) is 6.13 Å². The van der Waals surface area contributed by atoms with Gasteiger partial charge in [-0.3, -0.25) is 9.69 Å². The molecule has 38 valence electrons. The highest BCUT2D eigenvalue weighted by Crippen LogP contribution is 1.73. The summed E-state index contributed by atoms with van der Waals surface area (Å²) in [4.78, 5) is 3.78. The van der Waals surface area contributed by atoms with Crippen molar-refractivity contribution in [1.29, 1.82) is 0 Å². The van der Waals surface area contributed by atoms with Crippen LogP contribution in [0.4, 0.5) is 4.70 Å². The van der Waals surface area contributed by atoms with E-state index in [9.17, 15) is 0 Å². The van der Waals surface area contributed by atoms with E-state index in [4.69, 9.17) is 0 Å². The summed E-state index contributed by atoms with van der Waals surface area (Å²) in [7, 11) is 0. The molecule has 1 nitrogen and oxygen atoms in total. The maximum Gasteiger partial charge on any atom is 1.00 e. The third-order valence-electron chi connectivity index (χ3n) is 0.566. The van der Waals surface area contributed by atoms with Gasteiger partial charge < -0.3 is 0 Å². The van der Waals surface area contributed by atoms with Gasteiger partial charge in [0.2, 0.25) is 0 Å². The van der Waals surface area contributed by atoms with Crippen LogP contribution in [0.2, 0.25) is 0 Å². The van der Waals surface area contributed by atoms with Crippen LogP contribution in [0.1, 0.15) is 1.43 Å². The molecule has 0 aromatic carbocycles. The molecule has 7 heavy (non-hydrogen) atoms. The summed E-state index contributed by atoms with van der Waals surface area (Å²) in [6.07, 6.45) is 3.50. The smallest absolute Gasteiger partial charge is 0.269 e. The van der Waals surface area contributed by atoms with Gasteiger partial charge in [-0.1, -0.05) is 6.07 Å². The predicted octanol–water partition coefficient (Wildman–Crippen LogP) is 1.35. The van der Waals surface area contributed by atoms with Crippen LogP contribution in [0.3, 0.4) is 0 Å². The lowest BCUT2D eigenvalue weighted by atomic mass is 10.5. The first kappa shape index (κ1) is 6.08. The van der Waals surface area contributed by atoms with Crippen molar-refractivity contribution in [2.45, 2.75) is 0 Å². The summed E-state index contributed by atoms with van der Waals surface area (Å²) < 4.78 is 0. The molecule has 0 atom stereocenters. The summed E-state index contributed by atoms with van der Waals surface area (Å²) in [5.41, 5.74) is 0. The highest BCUT2D eigenvalue weighted by atomic mass is 19.0. The van der Waals surface area contributed by atoms with Crippen LogP contribution in [-0.4, -0.2) is 4.98 Å². The SMILES string of the molecule is F.[H+].c1ccncc1. The minimum atomic E-state index is 0. The Balaban J connectivity index is 0. The van der Waals surface area contributed by atoms with E-state index >= 15 is 0 Å². The van der Waals surface area contributed by atoms with Gasteiger partial charge in [-0.25, -0.2) is 0 Å². The number of halogens is 1. The second-order valence-electron chi connectivity index (χ2n) is 1.02. The fraction of sp³-hybridized carbons (Fsp3) is 0.